The normalized spacial score (nSPS) is 10.2. The van der Waals surface area contributed by atoms with Crippen LogP contribution in [-0.4, -0.2) is 24.2 Å². The van der Waals surface area contributed by atoms with Gasteiger partial charge in [-0.15, -0.1) is 0 Å². The predicted molar refractivity (Wildman–Crippen MR) is 93.2 cm³/mol. The first-order chi connectivity index (χ1) is 11.2. The number of hydrogen-bond donors (Lipinski definition) is 1. The number of pyridine rings is 1. The zero-order valence-corrected chi connectivity index (χ0v) is 13.7. The lowest BCUT2D eigenvalue weighted by Crippen LogP contribution is -2.19. The molecule has 0 aliphatic rings. The molecule has 0 spiro atoms. The lowest BCUT2D eigenvalue weighted by atomic mass is 10.2. The number of benzene rings is 1. The number of para-hydroxylation sites is 1. The van der Waals surface area contributed by atoms with Crippen molar-refractivity contribution in [2.75, 3.05) is 23.4 Å². The maximum atomic E-state index is 11.4. The Morgan fingerprint density at radius 3 is 2.57 bits per heavy atom. The number of amides is 1. The predicted octanol–water partition coefficient (Wildman–Crippen LogP) is 4.59. The van der Waals surface area contributed by atoms with Gasteiger partial charge in [-0.25, -0.2) is 9.78 Å². The quantitative estimate of drug-likeness (QED) is 0.812. The second kappa shape index (κ2) is 8.78. The summed E-state index contributed by atoms with van der Waals surface area (Å²) in [5, 5.41) is 2.65. The SMILES string of the molecule is CCCCN(c1ccccc1)c1ccc(NC(=O)OCC)cn1. The molecule has 0 aliphatic heterocycles. The molecule has 1 aromatic heterocycles. The van der Waals surface area contributed by atoms with E-state index in [9.17, 15) is 4.79 Å². The van der Waals surface area contributed by atoms with Crippen molar-refractivity contribution in [2.24, 2.45) is 0 Å². The van der Waals surface area contributed by atoms with E-state index in [4.69, 9.17) is 4.74 Å². The van der Waals surface area contributed by atoms with Crippen molar-refractivity contribution in [1.29, 1.82) is 0 Å². The number of hydrogen-bond acceptors (Lipinski definition) is 4. The Bertz CT molecular complexity index is 599. The van der Waals surface area contributed by atoms with E-state index in [1.807, 2.05) is 30.3 Å². The van der Waals surface area contributed by atoms with Gasteiger partial charge in [0.15, 0.2) is 0 Å². The van der Waals surface area contributed by atoms with E-state index < -0.39 is 6.09 Å². The van der Waals surface area contributed by atoms with Crippen LogP contribution in [0.3, 0.4) is 0 Å². The number of ether oxygens (including phenoxy) is 1. The Labute approximate surface area is 137 Å². The summed E-state index contributed by atoms with van der Waals surface area (Å²) in [5.74, 6) is 0.860. The van der Waals surface area contributed by atoms with Crippen LogP contribution in [0.1, 0.15) is 26.7 Å². The van der Waals surface area contributed by atoms with Gasteiger partial charge in [0.05, 0.1) is 18.5 Å². The van der Waals surface area contributed by atoms with E-state index in [0.29, 0.717) is 12.3 Å². The van der Waals surface area contributed by atoms with E-state index in [1.165, 1.54) is 0 Å². The maximum absolute atomic E-state index is 11.4. The van der Waals surface area contributed by atoms with Crippen LogP contribution in [0.2, 0.25) is 0 Å². The minimum atomic E-state index is -0.465. The highest BCUT2D eigenvalue weighted by atomic mass is 16.5. The standard InChI is InChI=1S/C18H23N3O2/c1-3-5-13-21(16-9-7-6-8-10-16)17-12-11-15(14-19-17)20-18(22)23-4-2/h6-12,14H,3-5,13H2,1-2H3,(H,20,22). The van der Waals surface area contributed by atoms with Crippen LogP contribution in [-0.2, 0) is 4.74 Å². The van der Waals surface area contributed by atoms with Gasteiger partial charge >= 0.3 is 6.09 Å². The van der Waals surface area contributed by atoms with Crippen LogP contribution in [0.15, 0.2) is 48.7 Å². The van der Waals surface area contributed by atoms with Crippen molar-refractivity contribution in [3.63, 3.8) is 0 Å². The Hall–Kier alpha value is -2.56. The zero-order chi connectivity index (χ0) is 16.5. The molecule has 0 atom stereocenters. The molecule has 0 saturated carbocycles. The van der Waals surface area contributed by atoms with Gasteiger partial charge in [0.1, 0.15) is 5.82 Å². The van der Waals surface area contributed by atoms with E-state index in [1.54, 1.807) is 13.1 Å². The summed E-state index contributed by atoms with van der Waals surface area (Å²) in [5.41, 5.74) is 1.73. The van der Waals surface area contributed by atoms with Crippen LogP contribution in [0, 0.1) is 0 Å². The molecule has 2 rings (SSSR count). The summed E-state index contributed by atoms with van der Waals surface area (Å²) in [6.07, 6.45) is 3.38. The number of nitrogens with zero attached hydrogens (tertiary/aromatic N) is 2. The average molecular weight is 313 g/mol. The van der Waals surface area contributed by atoms with Gasteiger partial charge in [-0.05, 0) is 37.6 Å². The largest absolute Gasteiger partial charge is 0.450 e. The third-order valence-electron chi connectivity index (χ3n) is 3.35. The van der Waals surface area contributed by atoms with Crippen molar-refractivity contribution in [3.8, 4) is 0 Å². The van der Waals surface area contributed by atoms with E-state index in [-0.39, 0.29) is 0 Å². The number of rotatable bonds is 7. The molecular formula is C18H23N3O2. The molecule has 0 aliphatic carbocycles. The first-order valence-electron chi connectivity index (χ1n) is 7.97. The molecule has 1 amide bonds. The highest BCUT2D eigenvalue weighted by molar-refractivity contribution is 5.84. The van der Waals surface area contributed by atoms with Crippen LogP contribution >= 0.6 is 0 Å². The summed E-state index contributed by atoms with van der Waals surface area (Å²) in [6.45, 7) is 5.18. The fourth-order valence-corrected chi connectivity index (χ4v) is 2.20. The fraction of sp³-hybridized carbons (Fsp3) is 0.333. The highest BCUT2D eigenvalue weighted by Gasteiger charge is 2.10. The minimum Gasteiger partial charge on any atom is -0.450 e. The molecule has 0 fully saturated rings. The molecule has 1 aromatic carbocycles. The molecular weight excluding hydrogens is 290 g/mol. The Kier molecular flexibility index (Phi) is 6.41. The van der Waals surface area contributed by atoms with E-state index in [0.717, 1.165) is 30.9 Å². The lowest BCUT2D eigenvalue weighted by Gasteiger charge is -2.24. The summed E-state index contributed by atoms with van der Waals surface area (Å²) in [4.78, 5) is 18.1. The van der Waals surface area contributed by atoms with Crippen molar-refractivity contribution in [3.05, 3.63) is 48.7 Å². The van der Waals surface area contributed by atoms with Gasteiger partial charge in [0.2, 0.25) is 0 Å². The molecule has 122 valence electrons. The van der Waals surface area contributed by atoms with Gasteiger partial charge in [-0.3, -0.25) is 5.32 Å². The zero-order valence-electron chi connectivity index (χ0n) is 13.7. The van der Waals surface area contributed by atoms with Crippen molar-refractivity contribution in [2.45, 2.75) is 26.7 Å². The van der Waals surface area contributed by atoms with Crippen molar-refractivity contribution < 1.29 is 9.53 Å². The number of nitrogens with one attached hydrogen (secondary N) is 1. The summed E-state index contributed by atoms with van der Waals surface area (Å²) < 4.78 is 4.86. The molecule has 0 unspecified atom stereocenters. The third-order valence-corrected chi connectivity index (χ3v) is 3.35. The number of unbranched alkanes of at least 4 members (excludes halogenated alkanes) is 1. The molecule has 0 bridgehead atoms. The molecule has 1 heterocycles. The smallest absolute Gasteiger partial charge is 0.411 e. The summed E-state index contributed by atoms with van der Waals surface area (Å²) in [7, 11) is 0. The number of aromatic nitrogens is 1. The monoisotopic (exact) mass is 313 g/mol. The average Bonchev–Trinajstić information content (AvgIpc) is 2.58. The van der Waals surface area contributed by atoms with Crippen LogP contribution in [0.25, 0.3) is 0 Å². The van der Waals surface area contributed by atoms with Crippen molar-refractivity contribution in [1.82, 2.24) is 4.98 Å². The van der Waals surface area contributed by atoms with Gasteiger partial charge in [-0.1, -0.05) is 31.5 Å². The summed E-state index contributed by atoms with van der Waals surface area (Å²) >= 11 is 0. The number of carbonyl (C=O) groups excluding carboxylic acids is 1. The molecule has 23 heavy (non-hydrogen) atoms. The van der Waals surface area contributed by atoms with Gasteiger partial charge in [0, 0.05) is 12.2 Å². The maximum Gasteiger partial charge on any atom is 0.411 e. The topological polar surface area (TPSA) is 54.5 Å². The second-order valence-corrected chi connectivity index (χ2v) is 5.09. The highest BCUT2D eigenvalue weighted by Crippen LogP contribution is 2.24. The lowest BCUT2D eigenvalue weighted by molar-refractivity contribution is 0.168. The Morgan fingerprint density at radius 1 is 1.17 bits per heavy atom. The third kappa shape index (κ3) is 4.98. The molecule has 0 saturated heterocycles. The number of anilines is 3. The van der Waals surface area contributed by atoms with Crippen molar-refractivity contribution >= 4 is 23.3 Å². The molecule has 1 N–H and O–H groups in total. The minimum absolute atomic E-state index is 0.343. The van der Waals surface area contributed by atoms with E-state index in [2.05, 4.69) is 34.3 Å². The van der Waals surface area contributed by atoms with Crippen LogP contribution < -0.4 is 10.2 Å². The number of carbonyl (C=O) groups is 1. The Morgan fingerprint density at radius 2 is 1.96 bits per heavy atom. The molecule has 0 radical (unpaired) electrons. The first kappa shape index (κ1) is 16.8. The molecule has 5 heteroatoms. The molecule has 2 aromatic rings. The fourth-order valence-electron chi connectivity index (χ4n) is 2.20. The van der Waals surface area contributed by atoms with Gasteiger partial charge in [0.25, 0.3) is 0 Å². The first-order valence-corrected chi connectivity index (χ1v) is 7.97. The second-order valence-electron chi connectivity index (χ2n) is 5.09. The van der Waals surface area contributed by atoms with Crippen LogP contribution in [0.5, 0.6) is 0 Å². The van der Waals surface area contributed by atoms with Gasteiger partial charge < -0.3 is 9.64 Å². The van der Waals surface area contributed by atoms with Gasteiger partial charge in [-0.2, -0.15) is 0 Å². The Balaban J connectivity index is 2.14. The molecule has 5 nitrogen and oxygen atoms in total. The van der Waals surface area contributed by atoms with Crippen LogP contribution in [0.4, 0.5) is 22.0 Å². The summed E-state index contributed by atoms with van der Waals surface area (Å²) in [6, 6.07) is 13.9. The van der Waals surface area contributed by atoms with E-state index >= 15 is 0 Å².